The highest BCUT2D eigenvalue weighted by atomic mass is 35.5. The summed E-state index contributed by atoms with van der Waals surface area (Å²) in [4.78, 5) is 17.4. The van der Waals surface area contributed by atoms with Gasteiger partial charge in [-0.1, -0.05) is 24.6 Å². The standard InChI is InChI=1S/C18H22ClN3O2/c1-2-22(11-17(23)24)16-8-15(9-16)21-10-13-7-14(19)6-12-4-3-5-20-18(12)13/h3-7,15-16,21H,2,8-11H2,1H3,(H,23,24). The number of halogens is 1. The van der Waals surface area contributed by atoms with Crippen LogP contribution in [0.5, 0.6) is 0 Å². The number of fused-ring (bicyclic) bond motifs is 1. The smallest absolute Gasteiger partial charge is 0.317 e. The minimum Gasteiger partial charge on any atom is -0.480 e. The van der Waals surface area contributed by atoms with Gasteiger partial charge in [0.15, 0.2) is 0 Å². The first-order chi connectivity index (χ1) is 11.6. The molecule has 1 heterocycles. The molecule has 0 saturated heterocycles. The number of likely N-dealkylation sites (N-methyl/N-ethyl adjacent to an activating group) is 1. The highest BCUT2D eigenvalue weighted by molar-refractivity contribution is 6.31. The average molecular weight is 348 g/mol. The predicted octanol–water partition coefficient (Wildman–Crippen LogP) is 2.92. The molecular formula is C18H22ClN3O2. The van der Waals surface area contributed by atoms with Crippen molar-refractivity contribution in [1.82, 2.24) is 15.2 Å². The zero-order valence-corrected chi connectivity index (χ0v) is 14.5. The molecule has 2 aromatic rings. The Morgan fingerprint density at radius 1 is 1.46 bits per heavy atom. The van der Waals surface area contributed by atoms with Crippen molar-refractivity contribution in [3.05, 3.63) is 41.0 Å². The van der Waals surface area contributed by atoms with Gasteiger partial charge >= 0.3 is 5.97 Å². The van der Waals surface area contributed by atoms with Crippen molar-refractivity contribution in [2.75, 3.05) is 13.1 Å². The number of hydrogen-bond acceptors (Lipinski definition) is 4. The molecule has 1 fully saturated rings. The van der Waals surface area contributed by atoms with Gasteiger partial charge in [-0.25, -0.2) is 0 Å². The van der Waals surface area contributed by atoms with E-state index in [-0.39, 0.29) is 6.54 Å². The normalized spacial score (nSPS) is 20.3. The van der Waals surface area contributed by atoms with Crippen LogP contribution in [0.2, 0.25) is 5.02 Å². The van der Waals surface area contributed by atoms with Crippen molar-refractivity contribution in [1.29, 1.82) is 0 Å². The number of hydrogen-bond donors (Lipinski definition) is 2. The SMILES string of the molecule is CCN(CC(=O)O)C1CC(NCc2cc(Cl)cc3cccnc23)C1. The number of rotatable bonds is 7. The summed E-state index contributed by atoms with van der Waals surface area (Å²) in [6, 6.07) is 8.59. The third-order valence-electron chi connectivity index (χ3n) is 4.70. The Balaban J connectivity index is 1.58. The van der Waals surface area contributed by atoms with Crippen LogP contribution >= 0.6 is 11.6 Å². The number of aliphatic carboxylic acids is 1. The van der Waals surface area contributed by atoms with Gasteiger partial charge in [0.05, 0.1) is 12.1 Å². The predicted molar refractivity (Wildman–Crippen MR) is 95.3 cm³/mol. The van der Waals surface area contributed by atoms with Gasteiger partial charge in [0.25, 0.3) is 0 Å². The number of nitrogens with zero attached hydrogens (tertiary/aromatic N) is 2. The second-order valence-corrected chi connectivity index (χ2v) is 6.74. The highest BCUT2D eigenvalue weighted by Crippen LogP contribution is 2.27. The van der Waals surface area contributed by atoms with E-state index in [2.05, 4.69) is 10.3 Å². The Kier molecular flexibility index (Phi) is 5.33. The monoisotopic (exact) mass is 347 g/mol. The zero-order valence-electron chi connectivity index (χ0n) is 13.7. The molecule has 128 valence electrons. The lowest BCUT2D eigenvalue weighted by atomic mass is 9.85. The summed E-state index contributed by atoms with van der Waals surface area (Å²) in [5.74, 6) is -0.760. The number of carboxylic acid groups (broad SMARTS) is 1. The van der Waals surface area contributed by atoms with E-state index in [1.807, 2.05) is 36.1 Å². The van der Waals surface area contributed by atoms with Crippen LogP contribution in [-0.4, -0.2) is 46.1 Å². The van der Waals surface area contributed by atoms with Crippen LogP contribution in [0.3, 0.4) is 0 Å². The molecule has 24 heavy (non-hydrogen) atoms. The average Bonchev–Trinajstić information content (AvgIpc) is 2.51. The molecule has 1 aliphatic carbocycles. The Labute approximate surface area is 146 Å². The van der Waals surface area contributed by atoms with E-state index in [0.29, 0.717) is 12.1 Å². The van der Waals surface area contributed by atoms with Crippen LogP contribution < -0.4 is 5.32 Å². The zero-order chi connectivity index (χ0) is 17.1. The first-order valence-electron chi connectivity index (χ1n) is 8.29. The Hall–Kier alpha value is -1.69. The van der Waals surface area contributed by atoms with E-state index in [4.69, 9.17) is 16.7 Å². The fourth-order valence-corrected chi connectivity index (χ4v) is 3.59. The van der Waals surface area contributed by atoms with Gasteiger partial charge in [-0.3, -0.25) is 14.7 Å². The van der Waals surface area contributed by atoms with E-state index in [9.17, 15) is 4.79 Å². The molecule has 3 rings (SSSR count). The van der Waals surface area contributed by atoms with Crippen LogP contribution in [0.25, 0.3) is 10.9 Å². The summed E-state index contributed by atoms with van der Waals surface area (Å²) < 4.78 is 0. The van der Waals surface area contributed by atoms with Gasteiger partial charge in [0.1, 0.15) is 0 Å². The fourth-order valence-electron chi connectivity index (χ4n) is 3.34. The fraction of sp³-hybridized carbons (Fsp3) is 0.444. The number of carboxylic acids is 1. The van der Waals surface area contributed by atoms with Gasteiger partial charge in [0, 0.05) is 35.2 Å². The second kappa shape index (κ2) is 7.47. The third kappa shape index (κ3) is 3.86. The summed E-state index contributed by atoms with van der Waals surface area (Å²) in [5, 5.41) is 14.3. The van der Waals surface area contributed by atoms with Gasteiger partial charge in [-0.2, -0.15) is 0 Å². The number of carbonyl (C=O) groups is 1. The minimum atomic E-state index is -0.760. The quantitative estimate of drug-likeness (QED) is 0.806. The van der Waals surface area contributed by atoms with Crippen LogP contribution in [0.15, 0.2) is 30.5 Å². The summed E-state index contributed by atoms with van der Waals surface area (Å²) in [6.45, 7) is 3.62. The Morgan fingerprint density at radius 3 is 2.96 bits per heavy atom. The lowest BCUT2D eigenvalue weighted by Gasteiger charge is -2.42. The maximum atomic E-state index is 10.9. The molecule has 1 saturated carbocycles. The van der Waals surface area contributed by atoms with E-state index < -0.39 is 5.97 Å². The molecule has 0 amide bonds. The van der Waals surface area contributed by atoms with Crippen molar-refractivity contribution in [3.8, 4) is 0 Å². The van der Waals surface area contributed by atoms with Gasteiger partial charge in [-0.15, -0.1) is 0 Å². The lowest BCUT2D eigenvalue weighted by molar-refractivity contribution is -0.139. The highest BCUT2D eigenvalue weighted by Gasteiger charge is 2.33. The Bertz CT molecular complexity index is 731. The van der Waals surface area contributed by atoms with Crippen LogP contribution in [0.1, 0.15) is 25.3 Å². The largest absolute Gasteiger partial charge is 0.480 e. The summed E-state index contributed by atoms with van der Waals surface area (Å²) in [7, 11) is 0. The lowest BCUT2D eigenvalue weighted by Crippen LogP contribution is -2.53. The van der Waals surface area contributed by atoms with E-state index in [0.717, 1.165) is 47.4 Å². The van der Waals surface area contributed by atoms with Crippen molar-refractivity contribution in [2.45, 2.75) is 38.4 Å². The number of pyridine rings is 1. The number of benzene rings is 1. The molecule has 1 aromatic carbocycles. The Morgan fingerprint density at radius 2 is 2.25 bits per heavy atom. The topological polar surface area (TPSA) is 65.5 Å². The van der Waals surface area contributed by atoms with Gasteiger partial charge < -0.3 is 10.4 Å². The molecule has 0 unspecified atom stereocenters. The van der Waals surface area contributed by atoms with E-state index in [1.165, 1.54) is 0 Å². The maximum absolute atomic E-state index is 10.9. The van der Waals surface area contributed by atoms with Crippen molar-refractivity contribution >= 4 is 28.5 Å². The minimum absolute atomic E-state index is 0.122. The maximum Gasteiger partial charge on any atom is 0.317 e. The molecule has 5 nitrogen and oxygen atoms in total. The molecule has 0 bridgehead atoms. The first-order valence-corrected chi connectivity index (χ1v) is 8.67. The van der Waals surface area contributed by atoms with Crippen LogP contribution in [0, 0.1) is 0 Å². The van der Waals surface area contributed by atoms with Gasteiger partial charge in [-0.05, 0) is 43.1 Å². The summed E-state index contributed by atoms with van der Waals surface area (Å²) >= 11 is 6.20. The first kappa shape index (κ1) is 17.1. The molecule has 0 spiro atoms. The summed E-state index contributed by atoms with van der Waals surface area (Å²) in [6.07, 6.45) is 3.75. The molecule has 6 heteroatoms. The van der Waals surface area contributed by atoms with Crippen molar-refractivity contribution in [3.63, 3.8) is 0 Å². The van der Waals surface area contributed by atoms with Gasteiger partial charge in [0.2, 0.25) is 0 Å². The molecule has 1 aromatic heterocycles. The second-order valence-electron chi connectivity index (χ2n) is 6.30. The number of nitrogens with one attached hydrogen (secondary N) is 1. The van der Waals surface area contributed by atoms with E-state index >= 15 is 0 Å². The third-order valence-corrected chi connectivity index (χ3v) is 4.92. The summed E-state index contributed by atoms with van der Waals surface area (Å²) in [5.41, 5.74) is 2.07. The van der Waals surface area contributed by atoms with Crippen molar-refractivity contribution < 1.29 is 9.90 Å². The molecule has 0 aliphatic heterocycles. The number of aromatic nitrogens is 1. The van der Waals surface area contributed by atoms with E-state index in [1.54, 1.807) is 6.20 Å². The molecule has 1 aliphatic rings. The molecule has 2 N–H and O–H groups in total. The molecule has 0 atom stereocenters. The molecule has 0 radical (unpaired) electrons. The van der Waals surface area contributed by atoms with Crippen molar-refractivity contribution in [2.24, 2.45) is 0 Å². The van der Waals surface area contributed by atoms with Crippen LogP contribution in [-0.2, 0) is 11.3 Å². The molecular weight excluding hydrogens is 326 g/mol. The van der Waals surface area contributed by atoms with Crippen LogP contribution in [0.4, 0.5) is 0 Å².